The minimum atomic E-state index is -3.63. The van der Waals surface area contributed by atoms with Crippen molar-refractivity contribution in [3.05, 3.63) is 10.4 Å². The summed E-state index contributed by atoms with van der Waals surface area (Å²) in [5.41, 5.74) is 8.01. The van der Waals surface area contributed by atoms with E-state index in [0.717, 1.165) is 6.92 Å². The molecular weight excluding hydrogens is 499 g/mol. The number of ketones is 1. The van der Waals surface area contributed by atoms with Gasteiger partial charge in [-0.15, -0.1) is 0 Å². The molecule has 0 saturated carbocycles. The average Bonchev–Trinajstić information content (AvgIpc) is 2.71. The molecule has 148 valence electrons. The standard InChI is InChI=1S/C7H17NO.C4H9N3O.C3H6O.2O.Pt/c1-7(2)8-5-3-4-6-9;5-7-6-3-1-2-4-8;1-3(2)4;;;/h7-9H,3-6H2,1-2H3;8H,1-4H2;1-2H3;;;/i3D2,4D2,5D2,6D2;1D2,2D2,3D2,4D2;1D3;;;. The molecule has 9 nitrogen and oxygen atoms in total. The van der Waals surface area contributed by atoms with Gasteiger partial charge in [-0.25, -0.2) is 0 Å². The van der Waals surface area contributed by atoms with E-state index < -0.39 is 88.8 Å². The molecule has 0 aromatic carbocycles. The Labute approximate surface area is 179 Å². The molecule has 0 unspecified atom stereocenters. The quantitative estimate of drug-likeness (QED) is 0.227. The number of carbonyl (C=O) groups excluding carboxylic acids is 1. The van der Waals surface area contributed by atoms with Crippen LogP contribution in [0.25, 0.3) is 10.4 Å². The van der Waals surface area contributed by atoms with E-state index in [1.165, 1.54) is 13.8 Å². The zero-order valence-corrected chi connectivity index (χ0v) is 15.1. The molecule has 0 atom stereocenters. The molecule has 0 aromatic rings. The molecule has 0 aromatic heterocycles. The molecule has 0 heterocycles. The van der Waals surface area contributed by atoms with Crippen molar-refractivity contribution in [1.29, 1.82) is 0 Å². The van der Waals surface area contributed by atoms with E-state index in [1.54, 1.807) is 0 Å². The number of Topliss-reactive ketones (excluding diaryl/α,β-unsaturated/α-hetero) is 1. The Balaban J connectivity index is -0.000000271. The summed E-state index contributed by atoms with van der Waals surface area (Å²) in [6.45, 7) is -11.6. The van der Waals surface area contributed by atoms with E-state index in [0.29, 0.717) is 0 Å². The Hall–Kier alpha value is -0.852. The molecule has 0 saturated heterocycles. The normalized spacial score (nSPS) is 25.7. The number of hydrogen-bond donors (Lipinski definition) is 3. The van der Waals surface area contributed by atoms with Crippen LogP contribution in [0, 0.1) is 0 Å². The molecular formula is C14H32N4O5Pt. The van der Waals surface area contributed by atoms with Gasteiger partial charge in [-0.3, -0.25) is 0 Å². The number of rotatable bonds is 9. The fraction of sp³-hybridized carbons (Fsp3) is 0.929. The molecule has 0 radical (unpaired) electrons. The van der Waals surface area contributed by atoms with Gasteiger partial charge in [0.05, 0.1) is 5.48 Å². The SMILES string of the molecule is [2H]C([2H])(O)C([2H])([2H])C([2H])([2H])C([2H])([2H])N=[N+]=[N-].[2H]C([2H])(O)C([2H])([2H])C([2H])([2H])C([2H])([2H])NC(C)C.[2H]C([2H])([2H])C(C)=O.[O]=[Pt]=[O]. The Morgan fingerprint density at radius 3 is 2.08 bits per heavy atom. The monoisotopic (exact) mass is 550 g/mol. The van der Waals surface area contributed by atoms with Crippen LogP contribution >= 0.6 is 0 Å². The van der Waals surface area contributed by atoms with Gasteiger partial charge in [0.2, 0.25) is 0 Å². The van der Waals surface area contributed by atoms with Crippen molar-refractivity contribution < 1.29 is 66.3 Å². The van der Waals surface area contributed by atoms with E-state index in [9.17, 15) is 4.79 Å². The van der Waals surface area contributed by atoms with E-state index in [-0.39, 0.29) is 0 Å². The third-order valence-electron chi connectivity index (χ3n) is 0.811. The second kappa shape index (κ2) is 33.7. The summed E-state index contributed by atoms with van der Waals surface area (Å²) in [4.78, 5) is 11.9. The summed E-state index contributed by atoms with van der Waals surface area (Å²) >= 11 is -1.92. The van der Waals surface area contributed by atoms with Crippen LogP contribution in [-0.4, -0.2) is 48.1 Å². The first-order chi connectivity index (χ1) is 18.3. The Morgan fingerprint density at radius 1 is 1.29 bits per heavy atom. The average molecular weight is 551 g/mol. The van der Waals surface area contributed by atoms with Crippen LogP contribution in [0.5, 0.6) is 0 Å². The molecule has 3 N–H and O–H groups in total. The predicted molar refractivity (Wildman–Crippen MR) is 87.5 cm³/mol. The number of nitrogens with one attached hydrogen (secondary N) is 1. The van der Waals surface area contributed by atoms with Crippen molar-refractivity contribution in [3.8, 4) is 0 Å². The maximum atomic E-state index is 9.90. The fourth-order valence-corrected chi connectivity index (χ4v) is 0.343. The fourth-order valence-electron chi connectivity index (χ4n) is 0.343. The minimum absolute atomic E-state index is 0.472. The molecule has 24 heavy (non-hydrogen) atoms. The zero-order valence-electron chi connectivity index (χ0n) is 31.9. The number of hydrogen-bond acceptors (Lipinski definition) is 7. The molecule has 0 aliphatic heterocycles. The zero-order chi connectivity index (χ0) is 36.5. The summed E-state index contributed by atoms with van der Waals surface area (Å²) in [5.74, 6) is -0.757. The van der Waals surface area contributed by atoms with Gasteiger partial charge in [0.25, 0.3) is 0 Å². The molecule has 0 fully saturated rings. The Morgan fingerprint density at radius 2 is 1.75 bits per heavy atom. The molecule has 0 amide bonds. The van der Waals surface area contributed by atoms with Crippen molar-refractivity contribution in [1.82, 2.24) is 5.32 Å². The topological polar surface area (TPSA) is 152 Å². The number of nitrogens with zero attached hydrogens (tertiary/aromatic N) is 3. The number of aliphatic hydroxyl groups is 2. The van der Waals surface area contributed by atoms with Gasteiger partial charge in [-0.1, -0.05) is 19.0 Å². The van der Waals surface area contributed by atoms with Crippen LogP contribution < -0.4 is 5.32 Å². The van der Waals surface area contributed by atoms with Gasteiger partial charge in [-0.05, 0) is 51.3 Å². The molecule has 0 aliphatic carbocycles. The first-order valence-electron chi connectivity index (χ1n) is 15.0. The predicted octanol–water partition coefficient (Wildman–Crippen LogP) is 2.18. The first-order valence-corrected chi connectivity index (χ1v) is 7.33. The van der Waals surface area contributed by atoms with Gasteiger partial charge in [0.15, 0.2) is 0 Å². The van der Waals surface area contributed by atoms with E-state index in [1.807, 2.05) is 4.91 Å². The van der Waals surface area contributed by atoms with Gasteiger partial charge in [0, 0.05) is 51.1 Å². The third kappa shape index (κ3) is 83.4. The van der Waals surface area contributed by atoms with Crippen LogP contribution in [-0.2, 0) is 30.1 Å². The maximum absolute atomic E-state index is 9.90. The van der Waals surface area contributed by atoms with Gasteiger partial charge in [-0.2, -0.15) is 0 Å². The molecule has 0 rings (SSSR count). The Kier molecular flexibility index (Phi) is 11.0. The van der Waals surface area contributed by atoms with Gasteiger partial charge < -0.3 is 20.3 Å². The first kappa shape index (κ1) is 7.80. The molecule has 10 heteroatoms. The molecule has 0 spiro atoms. The summed E-state index contributed by atoms with van der Waals surface area (Å²) in [5, 5.41) is 22.4. The summed E-state index contributed by atoms with van der Waals surface area (Å²) < 4.78 is 150. The van der Waals surface area contributed by atoms with Crippen LogP contribution in [0.4, 0.5) is 0 Å². The van der Waals surface area contributed by atoms with Crippen LogP contribution in [0.3, 0.4) is 0 Å². The van der Waals surface area contributed by atoms with Crippen LogP contribution in [0.15, 0.2) is 5.11 Å². The molecule has 0 aliphatic rings. The van der Waals surface area contributed by atoms with Crippen LogP contribution in [0.1, 0.15) is 79.2 Å². The van der Waals surface area contributed by atoms with E-state index in [4.69, 9.17) is 48.6 Å². The summed E-state index contributed by atoms with van der Waals surface area (Å²) in [6, 6.07) is -0.472. The van der Waals surface area contributed by atoms with Crippen molar-refractivity contribution in [2.75, 3.05) is 26.1 Å². The molecule has 0 bridgehead atoms. The summed E-state index contributed by atoms with van der Waals surface area (Å²) in [7, 11) is 0. The van der Waals surface area contributed by atoms with Crippen molar-refractivity contribution in [3.63, 3.8) is 0 Å². The van der Waals surface area contributed by atoms with E-state index >= 15 is 0 Å². The Bertz CT molecular complexity index is 982. The van der Waals surface area contributed by atoms with Crippen molar-refractivity contribution >= 4 is 5.78 Å². The van der Waals surface area contributed by atoms with Crippen molar-refractivity contribution in [2.24, 2.45) is 5.11 Å². The van der Waals surface area contributed by atoms with E-state index in [2.05, 4.69) is 10.4 Å². The van der Waals surface area contributed by atoms with Gasteiger partial charge in [0.1, 0.15) is 5.78 Å². The van der Waals surface area contributed by atoms with Crippen molar-refractivity contribution in [2.45, 2.75) is 59.2 Å². The third-order valence-corrected chi connectivity index (χ3v) is 0.811. The van der Waals surface area contributed by atoms with Gasteiger partial charge >= 0.3 is 25.3 Å². The second-order valence-corrected chi connectivity index (χ2v) is 3.44. The summed E-state index contributed by atoms with van der Waals surface area (Å²) in [6.07, 6.45) is -13.8. The number of azide groups is 1. The number of carbonyl (C=O) groups is 1. The second-order valence-electron chi connectivity index (χ2n) is 3.06. The van der Waals surface area contributed by atoms with Crippen LogP contribution in [0.2, 0.25) is 0 Å².